The number of carboxylic acids is 1. The van der Waals surface area contributed by atoms with Gasteiger partial charge < -0.3 is 25.0 Å². The third-order valence-corrected chi connectivity index (χ3v) is 5.74. The van der Waals surface area contributed by atoms with Crippen LogP contribution in [0.2, 0.25) is 0 Å². The van der Waals surface area contributed by atoms with Crippen molar-refractivity contribution < 1.29 is 24.2 Å². The predicted molar refractivity (Wildman–Crippen MR) is 123 cm³/mol. The number of nitrogens with one attached hydrogen (secondary N) is 2. The molecule has 33 heavy (non-hydrogen) atoms. The van der Waals surface area contributed by atoms with E-state index in [0.717, 1.165) is 10.9 Å². The van der Waals surface area contributed by atoms with Crippen LogP contribution in [0, 0.1) is 0 Å². The molecule has 4 rings (SSSR count). The van der Waals surface area contributed by atoms with Crippen molar-refractivity contribution in [2.24, 2.45) is 0 Å². The topological polar surface area (TPSA) is 115 Å². The van der Waals surface area contributed by atoms with E-state index in [1.807, 2.05) is 17.0 Å². The van der Waals surface area contributed by atoms with E-state index >= 15 is 0 Å². The molecule has 172 valence electrons. The lowest BCUT2D eigenvalue weighted by atomic mass is 10.0. The molecule has 2 heterocycles. The lowest BCUT2D eigenvalue weighted by molar-refractivity contribution is -0.144. The van der Waals surface area contributed by atoms with Gasteiger partial charge >= 0.3 is 12.1 Å². The molecule has 1 aliphatic heterocycles. The van der Waals surface area contributed by atoms with Crippen LogP contribution < -0.4 is 5.32 Å². The smallest absolute Gasteiger partial charge is 0.409 e. The number of aromatic nitrogens is 1. The standard InChI is InChI=1S/C24H26N4O5/c1-2-33-24(32)28-12-10-27(11-13-28)21(23(30)31)19-15-25-20-9-8-17(14-18(19)20)26-22(29)16-6-4-3-5-7-16/h3-9,14-15,21,25H,2,10-13H2,1H3,(H,26,29)(H,30,31). The summed E-state index contributed by atoms with van der Waals surface area (Å²) < 4.78 is 5.04. The molecule has 9 nitrogen and oxygen atoms in total. The van der Waals surface area contributed by atoms with Crippen molar-refractivity contribution in [3.8, 4) is 0 Å². The molecule has 3 aromatic rings. The third kappa shape index (κ3) is 4.83. The Bertz CT molecular complexity index is 1150. The molecular formula is C24H26N4O5. The fraction of sp³-hybridized carbons (Fsp3) is 0.292. The monoisotopic (exact) mass is 450 g/mol. The van der Waals surface area contributed by atoms with Gasteiger partial charge in [0.25, 0.3) is 5.91 Å². The van der Waals surface area contributed by atoms with Gasteiger partial charge in [-0.05, 0) is 37.3 Å². The molecule has 1 aromatic heterocycles. The molecule has 0 saturated carbocycles. The number of H-pyrrole nitrogens is 1. The van der Waals surface area contributed by atoms with Crippen molar-refractivity contribution in [1.82, 2.24) is 14.8 Å². The minimum atomic E-state index is -0.973. The zero-order valence-corrected chi connectivity index (χ0v) is 18.3. The molecule has 1 aliphatic rings. The number of piperazine rings is 1. The number of hydrogen-bond acceptors (Lipinski definition) is 5. The molecule has 1 atom stereocenters. The van der Waals surface area contributed by atoms with Crippen molar-refractivity contribution >= 4 is 34.6 Å². The van der Waals surface area contributed by atoms with Crippen LogP contribution in [-0.4, -0.2) is 70.6 Å². The van der Waals surface area contributed by atoms with E-state index in [1.54, 1.807) is 54.4 Å². The summed E-state index contributed by atoms with van der Waals surface area (Å²) in [7, 11) is 0. The minimum absolute atomic E-state index is 0.239. The Hall–Kier alpha value is -3.85. The lowest BCUT2D eigenvalue weighted by Gasteiger charge is -2.37. The van der Waals surface area contributed by atoms with Gasteiger partial charge in [-0.2, -0.15) is 0 Å². The highest BCUT2D eigenvalue weighted by Gasteiger charge is 2.33. The van der Waals surface area contributed by atoms with Gasteiger partial charge in [0.15, 0.2) is 0 Å². The molecule has 1 saturated heterocycles. The maximum atomic E-state index is 12.5. The SMILES string of the molecule is CCOC(=O)N1CCN(C(C(=O)O)c2c[nH]c3ccc(NC(=O)c4ccccc4)cc23)CC1. The van der Waals surface area contributed by atoms with E-state index < -0.39 is 12.0 Å². The number of nitrogens with zero attached hydrogens (tertiary/aromatic N) is 2. The van der Waals surface area contributed by atoms with Crippen LogP contribution in [0.15, 0.2) is 54.7 Å². The van der Waals surface area contributed by atoms with Crippen LogP contribution in [0.4, 0.5) is 10.5 Å². The number of carbonyl (C=O) groups is 3. The highest BCUT2D eigenvalue weighted by Crippen LogP contribution is 2.31. The summed E-state index contributed by atoms with van der Waals surface area (Å²) in [6, 6.07) is 13.4. The molecule has 0 radical (unpaired) electrons. The summed E-state index contributed by atoms with van der Waals surface area (Å²) in [5, 5.41) is 13.6. The van der Waals surface area contributed by atoms with Crippen LogP contribution in [-0.2, 0) is 9.53 Å². The second kappa shape index (κ2) is 9.74. The average Bonchev–Trinajstić information content (AvgIpc) is 3.23. The number of rotatable bonds is 6. The number of amides is 2. The van der Waals surface area contributed by atoms with E-state index in [0.29, 0.717) is 49.6 Å². The quantitative estimate of drug-likeness (QED) is 0.531. The molecule has 2 aromatic carbocycles. The molecule has 1 fully saturated rings. The number of ether oxygens (including phenoxy) is 1. The fourth-order valence-corrected chi connectivity index (χ4v) is 4.10. The molecule has 9 heteroatoms. The van der Waals surface area contributed by atoms with Gasteiger partial charge in [-0.25, -0.2) is 4.79 Å². The van der Waals surface area contributed by atoms with E-state index in [2.05, 4.69) is 10.3 Å². The van der Waals surface area contributed by atoms with Crippen molar-refractivity contribution in [3.05, 3.63) is 65.9 Å². The summed E-state index contributed by atoms with van der Waals surface area (Å²) in [5.41, 5.74) is 2.50. The predicted octanol–water partition coefficient (Wildman–Crippen LogP) is 3.32. The Balaban J connectivity index is 1.55. The molecule has 2 amide bonds. The fourth-order valence-electron chi connectivity index (χ4n) is 4.10. The first-order valence-corrected chi connectivity index (χ1v) is 10.8. The van der Waals surface area contributed by atoms with Crippen molar-refractivity contribution in [2.75, 3.05) is 38.1 Å². The normalized spacial score (nSPS) is 15.2. The van der Waals surface area contributed by atoms with Crippen LogP contribution in [0.25, 0.3) is 10.9 Å². The second-order valence-corrected chi connectivity index (χ2v) is 7.79. The van der Waals surface area contributed by atoms with Gasteiger partial charge in [0.2, 0.25) is 0 Å². The maximum Gasteiger partial charge on any atom is 0.409 e. The lowest BCUT2D eigenvalue weighted by Crippen LogP contribution is -2.51. The van der Waals surface area contributed by atoms with Gasteiger partial charge in [-0.1, -0.05) is 18.2 Å². The van der Waals surface area contributed by atoms with Gasteiger partial charge in [0.05, 0.1) is 6.61 Å². The Morgan fingerprint density at radius 1 is 1.09 bits per heavy atom. The molecule has 0 bridgehead atoms. The molecular weight excluding hydrogens is 424 g/mol. The van der Waals surface area contributed by atoms with Crippen LogP contribution in [0.5, 0.6) is 0 Å². The average molecular weight is 450 g/mol. The summed E-state index contributed by atoms with van der Waals surface area (Å²) in [5.74, 6) is -1.21. The first kappa shape index (κ1) is 22.3. The number of carboxylic acid groups (broad SMARTS) is 1. The summed E-state index contributed by atoms with van der Waals surface area (Å²) in [6.45, 7) is 3.66. The molecule has 1 unspecified atom stereocenters. The van der Waals surface area contributed by atoms with E-state index in [4.69, 9.17) is 4.74 Å². The van der Waals surface area contributed by atoms with E-state index in [-0.39, 0.29) is 12.0 Å². The number of carbonyl (C=O) groups excluding carboxylic acids is 2. The van der Waals surface area contributed by atoms with Gasteiger partial charge in [-0.3, -0.25) is 14.5 Å². The minimum Gasteiger partial charge on any atom is -0.480 e. The van der Waals surface area contributed by atoms with Gasteiger partial charge in [0.1, 0.15) is 6.04 Å². The second-order valence-electron chi connectivity index (χ2n) is 7.79. The van der Waals surface area contributed by atoms with E-state index in [1.165, 1.54) is 0 Å². The molecule has 3 N–H and O–H groups in total. The Labute approximate surface area is 190 Å². The van der Waals surface area contributed by atoms with Crippen LogP contribution in [0.1, 0.15) is 28.9 Å². The Morgan fingerprint density at radius 3 is 2.48 bits per heavy atom. The Morgan fingerprint density at radius 2 is 1.82 bits per heavy atom. The van der Waals surface area contributed by atoms with E-state index in [9.17, 15) is 19.5 Å². The maximum absolute atomic E-state index is 12.5. The first-order chi connectivity index (χ1) is 16.0. The molecule has 0 aliphatic carbocycles. The van der Waals surface area contributed by atoms with Gasteiger partial charge in [0, 0.05) is 60.1 Å². The highest BCUT2D eigenvalue weighted by atomic mass is 16.6. The summed E-state index contributed by atoms with van der Waals surface area (Å²) in [6.07, 6.45) is 1.32. The Kier molecular flexibility index (Phi) is 6.60. The van der Waals surface area contributed by atoms with Gasteiger partial charge in [-0.15, -0.1) is 0 Å². The number of anilines is 1. The van der Waals surface area contributed by atoms with Crippen molar-refractivity contribution in [1.29, 1.82) is 0 Å². The number of benzene rings is 2. The zero-order chi connectivity index (χ0) is 23.4. The largest absolute Gasteiger partial charge is 0.480 e. The summed E-state index contributed by atoms with van der Waals surface area (Å²) >= 11 is 0. The number of hydrogen-bond donors (Lipinski definition) is 3. The zero-order valence-electron chi connectivity index (χ0n) is 18.3. The van der Waals surface area contributed by atoms with Crippen molar-refractivity contribution in [3.63, 3.8) is 0 Å². The summed E-state index contributed by atoms with van der Waals surface area (Å²) in [4.78, 5) is 43.3. The first-order valence-electron chi connectivity index (χ1n) is 10.8. The van der Waals surface area contributed by atoms with Crippen LogP contribution in [0.3, 0.4) is 0 Å². The third-order valence-electron chi connectivity index (χ3n) is 5.74. The number of fused-ring (bicyclic) bond motifs is 1. The van der Waals surface area contributed by atoms with Crippen molar-refractivity contribution in [2.45, 2.75) is 13.0 Å². The van der Waals surface area contributed by atoms with Crippen LogP contribution >= 0.6 is 0 Å². The number of aliphatic carboxylic acids is 1. The molecule has 0 spiro atoms. The highest BCUT2D eigenvalue weighted by molar-refractivity contribution is 6.05. The number of aromatic amines is 1.